The monoisotopic (exact) mass is 453 g/mol. The predicted octanol–water partition coefficient (Wildman–Crippen LogP) is 3.54. The Bertz CT molecular complexity index is 894. The van der Waals surface area contributed by atoms with Crippen molar-refractivity contribution in [3.8, 4) is 0 Å². The van der Waals surface area contributed by atoms with Crippen LogP contribution in [0.5, 0.6) is 0 Å². The number of aliphatic hydroxyl groups excluding tert-OH is 2. The average Bonchev–Trinajstić information content (AvgIpc) is 3.13. The van der Waals surface area contributed by atoms with Gasteiger partial charge < -0.3 is 25.2 Å². The van der Waals surface area contributed by atoms with E-state index in [2.05, 4.69) is 78.4 Å². The van der Waals surface area contributed by atoms with Gasteiger partial charge in [0.05, 0.1) is 18.3 Å². The molecule has 0 aromatic heterocycles. The molecule has 2 aliphatic rings. The highest BCUT2D eigenvalue weighted by molar-refractivity contribution is 5.61. The standard InChI is InChI=1S/C27H39N3O3/c1-4-33-26-12-20(3)30(18-26)23-9-10-27(19(2)11-23)28-14-21-5-7-22(8-6-21)15-29-16-24(31)13-25(32)17-29/h5-11,20,24-26,28,31-32H,4,12-18H2,1-3H3/t20?,24-,25+,26?. The van der Waals surface area contributed by atoms with E-state index in [1.54, 1.807) is 0 Å². The van der Waals surface area contributed by atoms with E-state index in [9.17, 15) is 10.2 Å². The highest BCUT2D eigenvalue weighted by Gasteiger charge is 2.29. The summed E-state index contributed by atoms with van der Waals surface area (Å²) in [7, 11) is 0. The number of aliphatic hydroxyl groups is 2. The number of benzene rings is 2. The number of aryl methyl sites for hydroxylation is 1. The fourth-order valence-electron chi connectivity index (χ4n) is 5.20. The summed E-state index contributed by atoms with van der Waals surface area (Å²) < 4.78 is 5.85. The Balaban J connectivity index is 1.31. The molecule has 33 heavy (non-hydrogen) atoms. The lowest BCUT2D eigenvalue weighted by Gasteiger charge is -2.33. The molecule has 2 heterocycles. The third-order valence-electron chi connectivity index (χ3n) is 6.87. The number of likely N-dealkylation sites (tertiary alicyclic amines) is 1. The molecule has 0 radical (unpaired) electrons. The largest absolute Gasteiger partial charge is 0.392 e. The van der Waals surface area contributed by atoms with Gasteiger partial charge in [0, 0.05) is 63.2 Å². The van der Waals surface area contributed by atoms with Gasteiger partial charge in [-0.1, -0.05) is 24.3 Å². The minimum Gasteiger partial charge on any atom is -0.392 e. The smallest absolute Gasteiger partial charge is 0.0769 e. The lowest BCUT2D eigenvalue weighted by molar-refractivity contribution is -0.0110. The molecule has 2 saturated heterocycles. The first-order valence-corrected chi connectivity index (χ1v) is 12.3. The molecule has 6 nitrogen and oxygen atoms in total. The number of ether oxygens (including phenoxy) is 1. The molecule has 0 aliphatic carbocycles. The van der Waals surface area contributed by atoms with Crippen LogP contribution < -0.4 is 10.2 Å². The van der Waals surface area contributed by atoms with Crippen molar-refractivity contribution in [3.63, 3.8) is 0 Å². The zero-order chi connectivity index (χ0) is 23.4. The second kappa shape index (κ2) is 10.9. The first-order chi connectivity index (χ1) is 15.9. The van der Waals surface area contributed by atoms with Crippen molar-refractivity contribution in [2.75, 3.05) is 36.5 Å². The van der Waals surface area contributed by atoms with Crippen LogP contribution in [0.3, 0.4) is 0 Å². The molecule has 4 atom stereocenters. The molecule has 2 aliphatic heterocycles. The van der Waals surface area contributed by atoms with Gasteiger partial charge in [0.2, 0.25) is 0 Å². The summed E-state index contributed by atoms with van der Waals surface area (Å²) >= 11 is 0. The molecule has 0 bridgehead atoms. The van der Waals surface area contributed by atoms with E-state index in [1.165, 1.54) is 22.4 Å². The van der Waals surface area contributed by atoms with E-state index in [1.807, 2.05) is 0 Å². The Morgan fingerprint density at radius 1 is 0.970 bits per heavy atom. The van der Waals surface area contributed by atoms with Crippen LogP contribution in [-0.2, 0) is 17.8 Å². The van der Waals surface area contributed by atoms with Crippen LogP contribution in [0.25, 0.3) is 0 Å². The Hall–Kier alpha value is -2.12. The van der Waals surface area contributed by atoms with Gasteiger partial charge >= 0.3 is 0 Å². The van der Waals surface area contributed by atoms with Crippen molar-refractivity contribution in [2.45, 2.75) is 71.1 Å². The summed E-state index contributed by atoms with van der Waals surface area (Å²) in [4.78, 5) is 4.57. The van der Waals surface area contributed by atoms with Crippen LogP contribution in [0.2, 0.25) is 0 Å². The van der Waals surface area contributed by atoms with E-state index in [0.29, 0.717) is 31.7 Å². The highest BCUT2D eigenvalue weighted by Crippen LogP contribution is 2.30. The van der Waals surface area contributed by atoms with E-state index >= 15 is 0 Å². The molecule has 0 amide bonds. The quantitative estimate of drug-likeness (QED) is 0.568. The lowest BCUT2D eigenvalue weighted by Crippen LogP contribution is -2.45. The van der Waals surface area contributed by atoms with Crippen molar-refractivity contribution in [1.82, 2.24) is 4.90 Å². The number of nitrogens with zero attached hydrogens (tertiary/aromatic N) is 2. The SMILES string of the molecule is CCOC1CC(C)N(c2ccc(NCc3ccc(CN4C[C@H](O)C[C@H](O)C4)cc3)c(C)c2)C1. The first-order valence-electron chi connectivity index (χ1n) is 12.3. The maximum absolute atomic E-state index is 9.88. The van der Waals surface area contributed by atoms with E-state index in [4.69, 9.17) is 4.74 Å². The van der Waals surface area contributed by atoms with Gasteiger partial charge in [0.1, 0.15) is 0 Å². The van der Waals surface area contributed by atoms with Gasteiger partial charge in [-0.2, -0.15) is 0 Å². The Labute approximate surface area is 198 Å². The maximum Gasteiger partial charge on any atom is 0.0769 e. The molecule has 0 spiro atoms. The fourth-order valence-corrected chi connectivity index (χ4v) is 5.20. The van der Waals surface area contributed by atoms with Crippen molar-refractivity contribution in [2.24, 2.45) is 0 Å². The molecular weight excluding hydrogens is 414 g/mol. The van der Waals surface area contributed by atoms with Crippen molar-refractivity contribution in [3.05, 3.63) is 59.2 Å². The van der Waals surface area contributed by atoms with Crippen LogP contribution in [0.15, 0.2) is 42.5 Å². The first kappa shape index (κ1) is 24.0. The number of hydrogen-bond acceptors (Lipinski definition) is 6. The summed E-state index contributed by atoms with van der Waals surface area (Å²) in [6.07, 6.45) is 1.02. The highest BCUT2D eigenvalue weighted by atomic mass is 16.5. The third kappa shape index (κ3) is 6.27. The molecule has 4 rings (SSSR count). The number of piperidine rings is 1. The second-order valence-corrected chi connectivity index (χ2v) is 9.72. The molecular formula is C27H39N3O3. The minimum atomic E-state index is -0.438. The molecule has 180 valence electrons. The number of anilines is 2. The summed E-state index contributed by atoms with van der Waals surface area (Å²) in [6, 6.07) is 15.8. The minimum absolute atomic E-state index is 0.330. The third-order valence-corrected chi connectivity index (χ3v) is 6.87. The van der Waals surface area contributed by atoms with Crippen LogP contribution in [-0.4, -0.2) is 65.7 Å². The van der Waals surface area contributed by atoms with Gasteiger partial charge in [-0.05, 0) is 62.1 Å². The number of rotatable bonds is 8. The van der Waals surface area contributed by atoms with Gasteiger partial charge in [0.25, 0.3) is 0 Å². The Kier molecular flexibility index (Phi) is 7.91. The zero-order valence-corrected chi connectivity index (χ0v) is 20.2. The molecule has 2 aromatic carbocycles. The van der Waals surface area contributed by atoms with Gasteiger partial charge in [0.15, 0.2) is 0 Å². The molecule has 2 unspecified atom stereocenters. The van der Waals surface area contributed by atoms with Gasteiger partial charge in [-0.3, -0.25) is 4.90 Å². The predicted molar refractivity (Wildman–Crippen MR) is 134 cm³/mol. The number of β-amino-alcohol motifs (C(OH)–C–C–N with tert-alkyl or cyclic N) is 2. The maximum atomic E-state index is 9.88. The van der Waals surface area contributed by atoms with Crippen LogP contribution in [0.4, 0.5) is 11.4 Å². The summed E-state index contributed by atoms with van der Waals surface area (Å²) in [6.45, 7) is 11.0. The number of hydrogen-bond donors (Lipinski definition) is 3. The Morgan fingerprint density at radius 3 is 2.33 bits per heavy atom. The lowest BCUT2D eigenvalue weighted by atomic mass is 10.0. The van der Waals surface area contributed by atoms with Crippen molar-refractivity contribution >= 4 is 11.4 Å². The summed E-state index contributed by atoms with van der Waals surface area (Å²) in [5, 5.41) is 23.3. The van der Waals surface area contributed by atoms with E-state index < -0.39 is 12.2 Å². The molecule has 0 saturated carbocycles. The normalized spacial score (nSPS) is 26.0. The molecule has 2 aromatic rings. The molecule has 2 fully saturated rings. The second-order valence-electron chi connectivity index (χ2n) is 9.72. The van der Waals surface area contributed by atoms with E-state index in [-0.39, 0.29) is 0 Å². The van der Waals surface area contributed by atoms with Crippen molar-refractivity contribution < 1.29 is 14.9 Å². The van der Waals surface area contributed by atoms with Crippen LogP contribution in [0.1, 0.15) is 43.4 Å². The molecule has 6 heteroatoms. The molecule has 3 N–H and O–H groups in total. The summed E-state index contributed by atoms with van der Waals surface area (Å²) in [5.41, 5.74) is 6.11. The Morgan fingerprint density at radius 2 is 1.67 bits per heavy atom. The van der Waals surface area contributed by atoms with Gasteiger partial charge in [-0.25, -0.2) is 0 Å². The average molecular weight is 454 g/mol. The number of nitrogens with one attached hydrogen (secondary N) is 1. The van der Waals surface area contributed by atoms with Crippen LogP contribution >= 0.6 is 0 Å². The van der Waals surface area contributed by atoms with Crippen LogP contribution in [0, 0.1) is 6.92 Å². The van der Waals surface area contributed by atoms with Gasteiger partial charge in [-0.15, -0.1) is 0 Å². The topological polar surface area (TPSA) is 68.2 Å². The zero-order valence-electron chi connectivity index (χ0n) is 20.2. The van der Waals surface area contributed by atoms with Crippen molar-refractivity contribution in [1.29, 1.82) is 0 Å². The fraction of sp³-hybridized carbons (Fsp3) is 0.556. The van der Waals surface area contributed by atoms with E-state index in [0.717, 1.165) is 38.3 Å². The summed E-state index contributed by atoms with van der Waals surface area (Å²) in [5.74, 6) is 0.